The van der Waals surface area contributed by atoms with Crippen LogP contribution in [0.4, 0.5) is 18.9 Å². The molecule has 1 fully saturated rings. The number of fused-ring (bicyclic) bond motifs is 1. The summed E-state index contributed by atoms with van der Waals surface area (Å²) in [5.41, 5.74) is 5.10. The maximum atomic E-state index is 16.1. The van der Waals surface area contributed by atoms with E-state index in [1.807, 2.05) is 13.8 Å². The summed E-state index contributed by atoms with van der Waals surface area (Å²) in [7, 11) is 1.44. The van der Waals surface area contributed by atoms with Crippen molar-refractivity contribution < 1.29 is 32.9 Å². The Morgan fingerprint density at radius 1 is 1.12 bits per heavy atom. The minimum absolute atomic E-state index is 0.0000632. The molecular weight excluding hydrogens is 523 g/mol. The number of hydrogen-bond acceptors (Lipinski definition) is 5. The van der Waals surface area contributed by atoms with Crippen molar-refractivity contribution >= 4 is 28.8 Å². The van der Waals surface area contributed by atoms with Gasteiger partial charge in [0.05, 0.1) is 28.6 Å². The predicted octanol–water partition coefficient (Wildman–Crippen LogP) is 6.41. The predicted molar refractivity (Wildman–Crippen MR) is 148 cm³/mol. The van der Waals surface area contributed by atoms with Crippen molar-refractivity contribution in [3.05, 3.63) is 82.8 Å². The first kappa shape index (κ1) is 28.8. The highest BCUT2D eigenvalue weighted by atomic mass is 19.2. The number of hydrogen-bond donors (Lipinski definition) is 4. The van der Waals surface area contributed by atoms with Crippen molar-refractivity contribution in [2.45, 2.75) is 44.8 Å². The third-order valence-corrected chi connectivity index (χ3v) is 7.26. The molecule has 3 aromatic carbocycles. The first-order valence-electron chi connectivity index (χ1n) is 12.8. The van der Waals surface area contributed by atoms with E-state index in [4.69, 9.17) is 15.9 Å². The Morgan fingerprint density at radius 2 is 1.80 bits per heavy atom. The fourth-order valence-corrected chi connectivity index (χ4v) is 5.46. The number of halogens is 3. The molecule has 7 nitrogen and oxygen atoms in total. The number of nitrogens with one attached hydrogen (secondary N) is 1. The lowest BCUT2D eigenvalue weighted by atomic mass is 9.88. The molecule has 0 radical (unpaired) electrons. The summed E-state index contributed by atoms with van der Waals surface area (Å²) in [6, 6.07) is 10.3. The molecule has 10 heteroatoms. The first-order chi connectivity index (χ1) is 19.1. The van der Waals surface area contributed by atoms with Crippen LogP contribution in [0.5, 0.6) is 0 Å². The number of methoxy groups -OCH3 is 1. The van der Waals surface area contributed by atoms with E-state index in [0.717, 1.165) is 18.3 Å². The number of nitrogen functional groups attached to an aromatic ring is 1. The van der Waals surface area contributed by atoms with E-state index in [1.54, 1.807) is 0 Å². The van der Waals surface area contributed by atoms with Crippen molar-refractivity contribution in [1.29, 1.82) is 5.41 Å². The van der Waals surface area contributed by atoms with Gasteiger partial charge in [0.25, 0.3) is 0 Å². The lowest BCUT2D eigenvalue weighted by molar-refractivity contribution is -0.0806. The zero-order valence-corrected chi connectivity index (χ0v) is 22.3. The van der Waals surface area contributed by atoms with Crippen LogP contribution in [-0.4, -0.2) is 40.2 Å². The molecule has 210 valence electrons. The molecule has 0 bridgehead atoms. The number of anilines is 1. The Bertz CT molecular complexity index is 1600. The van der Waals surface area contributed by atoms with Gasteiger partial charge in [-0.05, 0) is 55.2 Å². The van der Waals surface area contributed by atoms with Gasteiger partial charge in [0.2, 0.25) is 0 Å². The van der Waals surface area contributed by atoms with Crippen molar-refractivity contribution in [3.63, 3.8) is 0 Å². The fraction of sp³-hybridized carbons (Fsp3) is 0.267. The molecule has 0 amide bonds. The minimum atomic E-state index is -1.69. The molecule has 1 heterocycles. The molecule has 1 saturated carbocycles. The number of aromatic nitrogens is 1. The number of carbonyl (C=O) groups is 1. The van der Waals surface area contributed by atoms with Gasteiger partial charge in [0, 0.05) is 41.6 Å². The van der Waals surface area contributed by atoms with Gasteiger partial charge in [-0.25, -0.2) is 18.0 Å². The number of ether oxygens (including phenoxy) is 1. The molecule has 1 aromatic heterocycles. The maximum Gasteiger partial charge on any atom is 0.335 e. The van der Waals surface area contributed by atoms with E-state index in [-0.39, 0.29) is 51.1 Å². The van der Waals surface area contributed by atoms with Crippen LogP contribution < -0.4 is 5.73 Å². The SMILES string of the molecule is CC.COC1CCCC1(O)c1c(-c2ccc(C(=O)O)cc2)c2c(F)c(N)c(C=N)cc2n1-c1ccc(F)c(F)c1. The third-order valence-electron chi connectivity index (χ3n) is 7.26. The molecule has 2 unspecified atom stereocenters. The summed E-state index contributed by atoms with van der Waals surface area (Å²) in [5.74, 6) is -4.24. The van der Waals surface area contributed by atoms with Gasteiger partial charge in [0.1, 0.15) is 5.60 Å². The van der Waals surface area contributed by atoms with Gasteiger partial charge in [-0.1, -0.05) is 26.0 Å². The number of carboxylic acids is 1. The Balaban J connectivity index is 0.00000181. The van der Waals surface area contributed by atoms with E-state index in [0.29, 0.717) is 18.4 Å². The highest BCUT2D eigenvalue weighted by molar-refractivity contribution is 6.05. The smallest absolute Gasteiger partial charge is 0.335 e. The second-order valence-corrected chi connectivity index (χ2v) is 9.31. The number of nitrogens with two attached hydrogens (primary N) is 1. The van der Waals surface area contributed by atoms with Crippen LogP contribution >= 0.6 is 0 Å². The van der Waals surface area contributed by atoms with Crippen LogP contribution in [-0.2, 0) is 10.3 Å². The molecular formula is C30H30F3N3O4. The standard InChI is InChI=1S/C28H24F3N3O4.C2H6/c1-38-21-3-2-10-28(21,37)26-22(14-4-6-15(7-5-14)27(35)36)23-20(11-16(13-32)25(33)24(23)31)34(26)17-8-9-18(29)19(30)12-17;1-2/h4-9,11-13,21,32,37H,2-3,10,33H2,1H3,(H,35,36);1-2H3. The van der Waals surface area contributed by atoms with Gasteiger partial charge >= 0.3 is 5.97 Å². The summed E-state index contributed by atoms with van der Waals surface area (Å²) in [4.78, 5) is 11.5. The Kier molecular flexibility index (Phi) is 8.04. The van der Waals surface area contributed by atoms with E-state index in [1.165, 1.54) is 48.1 Å². The molecule has 0 saturated heterocycles. The molecule has 1 aliphatic rings. The monoisotopic (exact) mass is 553 g/mol. The Labute approximate surface area is 229 Å². The quantitative estimate of drug-likeness (QED) is 0.163. The molecule has 5 N–H and O–H groups in total. The number of rotatable bonds is 6. The maximum absolute atomic E-state index is 16.1. The van der Waals surface area contributed by atoms with E-state index >= 15 is 4.39 Å². The lowest BCUT2D eigenvalue weighted by Gasteiger charge is -2.32. The van der Waals surface area contributed by atoms with Gasteiger partial charge in [-0.3, -0.25) is 0 Å². The minimum Gasteiger partial charge on any atom is -0.478 e. The van der Waals surface area contributed by atoms with Crippen molar-refractivity contribution in [3.8, 4) is 16.8 Å². The van der Waals surface area contributed by atoms with E-state index in [2.05, 4.69) is 0 Å². The molecule has 40 heavy (non-hydrogen) atoms. The van der Waals surface area contributed by atoms with Crippen LogP contribution in [0.15, 0.2) is 48.5 Å². The molecule has 5 rings (SSSR count). The molecule has 1 aliphatic carbocycles. The number of carboxylic acid groups (broad SMARTS) is 1. The fourth-order valence-electron chi connectivity index (χ4n) is 5.46. The number of nitrogens with zero attached hydrogens (tertiary/aromatic N) is 1. The molecule has 2 atom stereocenters. The van der Waals surface area contributed by atoms with Crippen LogP contribution in [0.25, 0.3) is 27.7 Å². The summed E-state index contributed by atoms with van der Waals surface area (Å²) < 4.78 is 51.5. The van der Waals surface area contributed by atoms with E-state index in [9.17, 15) is 23.8 Å². The highest BCUT2D eigenvalue weighted by Crippen LogP contribution is 2.50. The summed E-state index contributed by atoms with van der Waals surface area (Å²) in [6.07, 6.45) is 1.45. The van der Waals surface area contributed by atoms with Crippen LogP contribution in [0.3, 0.4) is 0 Å². The van der Waals surface area contributed by atoms with E-state index < -0.39 is 35.1 Å². The summed E-state index contributed by atoms with van der Waals surface area (Å²) in [6.45, 7) is 4.00. The van der Waals surface area contributed by atoms with Gasteiger partial charge in [0.15, 0.2) is 17.5 Å². The second kappa shape index (κ2) is 11.1. The molecule has 0 aliphatic heterocycles. The molecule has 4 aromatic rings. The first-order valence-corrected chi connectivity index (χ1v) is 12.8. The van der Waals surface area contributed by atoms with Crippen LogP contribution in [0.2, 0.25) is 0 Å². The van der Waals surface area contributed by atoms with Crippen LogP contribution in [0.1, 0.15) is 54.7 Å². The Hall–Kier alpha value is -4.15. The third kappa shape index (κ3) is 4.52. The average molecular weight is 554 g/mol. The Morgan fingerprint density at radius 3 is 2.38 bits per heavy atom. The lowest BCUT2D eigenvalue weighted by Crippen LogP contribution is -2.38. The number of aromatic carboxylic acids is 1. The van der Waals surface area contributed by atoms with Gasteiger partial charge in [-0.2, -0.15) is 0 Å². The topological polar surface area (TPSA) is 122 Å². The van der Waals surface area contributed by atoms with Crippen molar-refractivity contribution in [1.82, 2.24) is 4.57 Å². The normalized spacial score (nSPS) is 18.4. The van der Waals surface area contributed by atoms with Crippen molar-refractivity contribution in [2.75, 3.05) is 12.8 Å². The molecule has 0 spiro atoms. The summed E-state index contributed by atoms with van der Waals surface area (Å²) >= 11 is 0. The van der Waals surface area contributed by atoms with Gasteiger partial charge in [-0.15, -0.1) is 0 Å². The largest absolute Gasteiger partial charge is 0.478 e. The van der Waals surface area contributed by atoms with Gasteiger partial charge < -0.3 is 30.7 Å². The zero-order valence-electron chi connectivity index (χ0n) is 22.3. The second-order valence-electron chi connectivity index (χ2n) is 9.31. The van der Waals surface area contributed by atoms with Crippen molar-refractivity contribution in [2.24, 2.45) is 0 Å². The van der Waals surface area contributed by atoms with Crippen LogP contribution in [0, 0.1) is 22.9 Å². The zero-order chi connectivity index (χ0) is 29.4. The number of benzene rings is 3. The number of aliphatic hydroxyl groups is 1. The average Bonchev–Trinajstić information content (AvgIpc) is 3.51. The highest BCUT2D eigenvalue weighted by Gasteiger charge is 2.48. The summed E-state index contributed by atoms with van der Waals surface area (Å²) in [5, 5.41) is 29.2.